The van der Waals surface area contributed by atoms with Crippen molar-refractivity contribution in [3.8, 4) is 17.2 Å². The molecule has 0 radical (unpaired) electrons. The van der Waals surface area contributed by atoms with Crippen molar-refractivity contribution < 1.29 is 14.2 Å². The number of aromatic nitrogens is 2. The predicted octanol–water partition coefficient (Wildman–Crippen LogP) is 4.71. The van der Waals surface area contributed by atoms with E-state index in [2.05, 4.69) is 20.6 Å². The van der Waals surface area contributed by atoms with Gasteiger partial charge in [-0.1, -0.05) is 11.6 Å². The standard InChI is InChI=1S/C20H19ClN4O3/c1-12-9-19(23-14-4-6-17-18(11-14)28-8-7-27-17)25-20(22-12)24-15-10-13(21)3-5-16(15)26-2/h3-6,9-11H,7-8H2,1-2H3,(H2,22,23,24,25). The summed E-state index contributed by atoms with van der Waals surface area (Å²) >= 11 is 6.10. The van der Waals surface area contributed by atoms with Gasteiger partial charge < -0.3 is 24.8 Å². The van der Waals surface area contributed by atoms with Gasteiger partial charge in [0.25, 0.3) is 0 Å². The Bertz CT molecular complexity index is 1010. The number of anilines is 4. The fraction of sp³-hybridized carbons (Fsp3) is 0.200. The van der Waals surface area contributed by atoms with Crippen LogP contribution in [0.5, 0.6) is 17.2 Å². The van der Waals surface area contributed by atoms with E-state index in [-0.39, 0.29) is 0 Å². The van der Waals surface area contributed by atoms with Crippen LogP contribution in [0.4, 0.5) is 23.1 Å². The van der Waals surface area contributed by atoms with E-state index in [1.165, 1.54) is 0 Å². The number of hydrogen-bond donors (Lipinski definition) is 2. The SMILES string of the molecule is COc1ccc(Cl)cc1Nc1nc(C)cc(Nc2ccc3c(c2)OCCO3)n1. The molecule has 1 aliphatic rings. The smallest absolute Gasteiger partial charge is 0.229 e. The molecular weight excluding hydrogens is 380 g/mol. The molecule has 0 saturated carbocycles. The van der Waals surface area contributed by atoms with Crippen molar-refractivity contribution in [1.29, 1.82) is 0 Å². The number of halogens is 1. The average molecular weight is 399 g/mol. The Hall–Kier alpha value is -3.19. The van der Waals surface area contributed by atoms with E-state index >= 15 is 0 Å². The topological polar surface area (TPSA) is 77.5 Å². The summed E-state index contributed by atoms with van der Waals surface area (Å²) in [6.07, 6.45) is 0. The minimum Gasteiger partial charge on any atom is -0.495 e. The third kappa shape index (κ3) is 4.04. The van der Waals surface area contributed by atoms with Gasteiger partial charge >= 0.3 is 0 Å². The number of benzene rings is 2. The lowest BCUT2D eigenvalue weighted by atomic mass is 10.2. The van der Waals surface area contributed by atoms with E-state index in [9.17, 15) is 0 Å². The summed E-state index contributed by atoms with van der Waals surface area (Å²) in [5.74, 6) is 3.18. The van der Waals surface area contributed by atoms with E-state index in [4.69, 9.17) is 25.8 Å². The van der Waals surface area contributed by atoms with Crippen LogP contribution >= 0.6 is 11.6 Å². The van der Waals surface area contributed by atoms with Gasteiger partial charge in [-0.25, -0.2) is 4.98 Å². The molecule has 28 heavy (non-hydrogen) atoms. The van der Waals surface area contributed by atoms with Crippen molar-refractivity contribution in [2.75, 3.05) is 31.0 Å². The van der Waals surface area contributed by atoms with Crippen LogP contribution in [0.1, 0.15) is 5.69 Å². The van der Waals surface area contributed by atoms with Gasteiger partial charge in [0, 0.05) is 28.5 Å². The van der Waals surface area contributed by atoms with Crippen molar-refractivity contribution in [3.63, 3.8) is 0 Å². The molecule has 0 unspecified atom stereocenters. The highest BCUT2D eigenvalue weighted by Crippen LogP contribution is 2.34. The van der Waals surface area contributed by atoms with E-state index in [1.54, 1.807) is 25.3 Å². The van der Waals surface area contributed by atoms with Crippen LogP contribution in [0, 0.1) is 6.92 Å². The van der Waals surface area contributed by atoms with Crippen LogP contribution in [-0.4, -0.2) is 30.3 Å². The number of rotatable bonds is 5. The summed E-state index contributed by atoms with van der Waals surface area (Å²) < 4.78 is 16.5. The lowest BCUT2D eigenvalue weighted by molar-refractivity contribution is 0.171. The normalized spacial score (nSPS) is 12.4. The summed E-state index contributed by atoms with van der Waals surface area (Å²) in [7, 11) is 1.60. The molecule has 1 aromatic heterocycles. The van der Waals surface area contributed by atoms with Gasteiger partial charge in [-0.05, 0) is 37.3 Å². The Morgan fingerprint density at radius 2 is 1.79 bits per heavy atom. The first-order valence-corrected chi connectivity index (χ1v) is 9.11. The fourth-order valence-corrected chi connectivity index (χ4v) is 3.03. The van der Waals surface area contributed by atoms with Crippen molar-refractivity contribution >= 4 is 34.7 Å². The Labute approximate surface area is 167 Å². The number of nitrogens with zero attached hydrogens (tertiary/aromatic N) is 2. The number of fused-ring (bicyclic) bond motifs is 1. The van der Waals surface area contributed by atoms with E-state index in [0.717, 1.165) is 17.1 Å². The molecular formula is C20H19ClN4O3. The first kappa shape index (κ1) is 18.2. The molecule has 0 spiro atoms. The quantitative estimate of drug-likeness (QED) is 0.644. The largest absolute Gasteiger partial charge is 0.495 e. The summed E-state index contributed by atoms with van der Waals surface area (Å²) in [6.45, 7) is 3.00. The highest BCUT2D eigenvalue weighted by molar-refractivity contribution is 6.31. The van der Waals surface area contributed by atoms with Gasteiger partial charge in [0.15, 0.2) is 11.5 Å². The first-order valence-electron chi connectivity index (χ1n) is 8.73. The minimum absolute atomic E-state index is 0.431. The van der Waals surface area contributed by atoms with Crippen molar-refractivity contribution in [3.05, 3.63) is 53.2 Å². The number of nitrogens with one attached hydrogen (secondary N) is 2. The van der Waals surface area contributed by atoms with Crippen molar-refractivity contribution in [1.82, 2.24) is 9.97 Å². The van der Waals surface area contributed by atoms with Crippen molar-refractivity contribution in [2.24, 2.45) is 0 Å². The average Bonchev–Trinajstić information content (AvgIpc) is 2.68. The highest BCUT2D eigenvalue weighted by atomic mass is 35.5. The molecule has 0 amide bonds. The van der Waals surface area contributed by atoms with Crippen LogP contribution < -0.4 is 24.8 Å². The number of hydrogen-bond acceptors (Lipinski definition) is 7. The monoisotopic (exact) mass is 398 g/mol. The molecule has 7 nitrogen and oxygen atoms in total. The van der Waals surface area contributed by atoms with Gasteiger partial charge in [0.1, 0.15) is 24.8 Å². The maximum Gasteiger partial charge on any atom is 0.229 e. The molecule has 2 N–H and O–H groups in total. The molecule has 3 aromatic rings. The number of methoxy groups -OCH3 is 1. The second-order valence-electron chi connectivity index (χ2n) is 6.17. The zero-order chi connectivity index (χ0) is 19.5. The fourth-order valence-electron chi connectivity index (χ4n) is 2.86. The molecule has 2 heterocycles. The van der Waals surface area contributed by atoms with Crippen LogP contribution in [0.15, 0.2) is 42.5 Å². The lowest BCUT2D eigenvalue weighted by Crippen LogP contribution is -2.15. The third-order valence-corrected chi connectivity index (χ3v) is 4.31. The molecule has 144 valence electrons. The predicted molar refractivity (Wildman–Crippen MR) is 109 cm³/mol. The summed E-state index contributed by atoms with van der Waals surface area (Å²) in [5.41, 5.74) is 2.33. The van der Waals surface area contributed by atoms with Crippen LogP contribution in [0.2, 0.25) is 5.02 Å². The second-order valence-corrected chi connectivity index (χ2v) is 6.61. The molecule has 4 rings (SSSR count). The second kappa shape index (κ2) is 7.82. The van der Waals surface area contributed by atoms with E-state index in [1.807, 2.05) is 31.2 Å². The molecule has 2 aromatic carbocycles. The maximum atomic E-state index is 6.10. The van der Waals surface area contributed by atoms with Gasteiger partial charge in [0.05, 0.1) is 12.8 Å². The minimum atomic E-state index is 0.431. The number of ether oxygens (including phenoxy) is 3. The van der Waals surface area contributed by atoms with Gasteiger partial charge in [-0.15, -0.1) is 0 Å². The third-order valence-electron chi connectivity index (χ3n) is 4.08. The maximum absolute atomic E-state index is 6.10. The number of aryl methyl sites for hydroxylation is 1. The molecule has 8 heteroatoms. The summed E-state index contributed by atoms with van der Waals surface area (Å²) in [6, 6.07) is 12.8. The lowest BCUT2D eigenvalue weighted by Gasteiger charge is -2.19. The molecule has 0 atom stereocenters. The van der Waals surface area contributed by atoms with E-state index in [0.29, 0.717) is 47.2 Å². The Balaban J connectivity index is 1.58. The Kier molecular flexibility index (Phi) is 5.08. The highest BCUT2D eigenvalue weighted by Gasteiger charge is 2.13. The van der Waals surface area contributed by atoms with Crippen molar-refractivity contribution in [2.45, 2.75) is 6.92 Å². The Morgan fingerprint density at radius 1 is 0.964 bits per heavy atom. The van der Waals surface area contributed by atoms with Gasteiger partial charge in [-0.3, -0.25) is 0 Å². The summed E-state index contributed by atoms with van der Waals surface area (Å²) in [4.78, 5) is 8.98. The molecule has 1 aliphatic heterocycles. The van der Waals surface area contributed by atoms with Crippen LogP contribution in [0.3, 0.4) is 0 Å². The zero-order valence-electron chi connectivity index (χ0n) is 15.5. The Morgan fingerprint density at radius 3 is 2.61 bits per heavy atom. The molecule has 0 fully saturated rings. The molecule has 0 saturated heterocycles. The van der Waals surface area contributed by atoms with Crippen LogP contribution in [-0.2, 0) is 0 Å². The molecule has 0 aliphatic carbocycles. The first-order chi connectivity index (χ1) is 13.6. The van der Waals surface area contributed by atoms with Gasteiger partial charge in [-0.2, -0.15) is 4.98 Å². The zero-order valence-corrected chi connectivity index (χ0v) is 16.2. The van der Waals surface area contributed by atoms with E-state index < -0.39 is 0 Å². The van der Waals surface area contributed by atoms with Gasteiger partial charge in [0.2, 0.25) is 5.95 Å². The molecule has 0 bridgehead atoms. The summed E-state index contributed by atoms with van der Waals surface area (Å²) in [5, 5.41) is 7.03. The van der Waals surface area contributed by atoms with Crippen LogP contribution in [0.25, 0.3) is 0 Å².